The Hall–Kier alpha value is -1.56. The highest BCUT2D eigenvalue weighted by Crippen LogP contribution is 2.22. The van der Waals surface area contributed by atoms with E-state index >= 15 is 0 Å². The van der Waals surface area contributed by atoms with E-state index < -0.39 is 6.04 Å². The molecule has 0 bridgehead atoms. The Balaban J connectivity index is 0.00000176. The van der Waals surface area contributed by atoms with Crippen LogP contribution >= 0.6 is 12.4 Å². The third-order valence-electron chi connectivity index (χ3n) is 4.10. The second kappa shape index (κ2) is 7.13. The average molecular weight is 324 g/mol. The minimum absolute atomic E-state index is 0. The van der Waals surface area contributed by atoms with Gasteiger partial charge in [0.2, 0.25) is 5.91 Å². The van der Waals surface area contributed by atoms with E-state index in [1.54, 1.807) is 0 Å². The summed E-state index contributed by atoms with van der Waals surface area (Å²) in [4.78, 5) is 15.5. The van der Waals surface area contributed by atoms with Crippen molar-refractivity contribution >= 4 is 34.9 Å². The van der Waals surface area contributed by atoms with Crippen molar-refractivity contribution in [2.24, 2.45) is 11.7 Å². The number of carbonyl (C=O) groups is 1. The van der Waals surface area contributed by atoms with E-state index in [9.17, 15) is 4.79 Å². The van der Waals surface area contributed by atoms with Gasteiger partial charge in [0.25, 0.3) is 0 Å². The fourth-order valence-electron chi connectivity index (χ4n) is 2.87. The summed E-state index contributed by atoms with van der Waals surface area (Å²) in [6.45, 7) is 3.40. The minimum Gasteiger partial charge on any atom is -0.381 e. The number of H-pyrrole nitrogens is 1. The van der Waals surface area contributed by atoms with Crippen molar-refractivity contribution in [1.29, 1.82) is 0 Å². The van der Waals surface area contributed by atoms with Gasteiger partial charge >= 0.3 is 0 Å². The molecule has 1 aromatic carbocycles. The summed E-state index contributed by atoms with van der Waals surface area (Å²) in [7, 11) is 0. The molecule has 0 aliphatic carbocycles. The third kappa shape index (κ3) is 3.61. The topological polar surface area (TPSA) is 80.1 Å². The number of fused-ring (bicyclic) bond motifs is 1. The van der Waals surface area contributed by atoms with Gasteiger partial charge in [0.05, 0.1) is 6.04 Å². The normalized spacial score (nSPS) is 17.0. The maximum Gasteiger partial charge on any atom is 0.241 e. The maximum atomic E-state index is 12.3. The number of aromatic nitrogens is 1. The molecular formula is C16H22ClN3O2. The number of ether oxygens (including phenoxy) is 1. The van der Waals surface area contributed by atoms with E-state index in [4.69, 9.17) is 10.5 Å². The molecule has 1 aromatic heterocycles. The molecule has 1 atom stereocenters. The molecule has 1 amide bonds. The highest BCUT2D eigenvalue weighted by atomic mass is 35.5. The van der Waals surface area contributed by atoms with Crippen LogP contribution < -0.4 is 11.1 Å². The largest absolute Gasteiger partial charge is 0.381 e. The summed E-state index contributed by atoms with van der Waals surface area (Å²) in [6.07, 6.45) is 1.70. The number of aryl methyl sites for hydroxylation is 1. The average Bonchev–Trinajstić information content (AvgIpc) is 2.86. The second-order valence-corrected chi connectivity index (χ2v) is 5.72. The maximum absolute atomic E-state index is 12.3. The molecule has 1 unspecified atom stereocenters. The van der Waals surface area contributed by atoms with Crippen LogP contribution in [0.2, 0.25) is 0 Å². The number of aromatic amines is 1. The van der Waals surface area contributed by atoms with E-state index in [1.807, 2.05) is 25.1 Å². The Morgan fingerprint density at radius 3 is 2.82 bits per heavy atom. The first-order valence-electron chi connectivity index (χ1n) is 7.37. The number of nitrogens with two attached hydrogens (primary N) is 1. The summed E-state index contributed by atoms with van der Waals surface area (Å²) >= 11 is 0. The third-order valence-corrected chi connectivity index (χ3v) is 4.10. The Morgan fingerprint density at radius 1 is 1.36 bits per heavy atom. The molecule has 1 saturated heterocycles. The summed E-state index contributed by atoms with van der Waals surface area (Å²) in [5.41, 5.74) is 9.04. The number of carbonyl (C=O) groups excluding carboxylic acids is 1. The highest BCUT2D eigenvalue weighted by Gasteiger charge is 2.26. The van der Waals surface area contributed by atoms with Gasteiger partial charge < -0.3 is 20.8 Å². The molecule has 3 rings (SSSR count). The van der Waals surface area contributed by atoms with E-state index in [0.717, 1.165) is 35.1 Å². The van der Waals surface area contributed by atoms with E-state index in [1.165, 1.54) is 0 Å². The molecule has 120 valence electrons. The molecule has 0 spiro atoms. The molecule has 1 aliphatic rings. The van der Waals surface area contributed by atoms with Crippen LogP contribution in [0.5, 0.6) is 0 Å². The van der Waals surface area contributed by atoms with Crippen LogP contribution in [0.25, 0.3) is 10.9 Å². The number of nitrogens with one attached hydrogen (secondary N) is 2. The number of benzene rings is 1. The Morgan fingerprint density at radius 2 is 2.09 bits per heavy atom. The summed E-state index contributed by atoms with van der Waals surface area (Å²) in [5.74, 6) is 0.0884. The lowest BCUT2D eigenvalue weighted by Crippen LogP contribution is -2.43. The first-order valence-corrected chi connectivity index (χ1v) is 7.37. The van der Waals surface area contributed by atoms with E-state index in [2.05, 4.69) is 16.4 Å². The van der Waals surface area contributed by atoms with Crippen LogP contribution in [0.3, 0.4) is 0 Å². The van der Waals surface area contributed by atoms with E-state index in [-0.39, 0.29) is 24.2 Å². The van der Waals surface area contributed by atoms with Crippen molar-refractivity contribution in [3.63, 3.8) is 0 Å². The van der Waals surface area contributed by atoms with Crippen LogP contribution in [0, 0.1) is 12.8 Å². The number of anilines is 1. The molecule has 5 nitrogen and oxygen atoms in total. The minimum atomic E-state index is -0.474. The van der Waals surface area contributed by atoms with Crippen LogP contribution in [0.4, 0.5) is 5.69 Å². The van der Waals surface area contributed by atoms with Gasteiger partial charge in [-0.15, -0.1) is 12.4 Å². The van der Waals surface area contributed by atoms with Crippen molar-refractivity contribution in [2.75, 3.05) is 18.5 Å². The fourth-order valence-corrected chi connectivity index (χ4v) is 2.87. The zero-order valence-electron chi connectivity index (χ0n) is 12.6. The highest BCUT2D eigenvalue weighted by molar-refractivity contribution is 5.97. The van der Waals surface area contributed by atoms with Gasteiger partial charge in [-0.1, -0.05) is 0 Å². The number of rotatable bonds is 3. The van der Waals surface area contributed by atoms with Gasteiger partial charge in [-0.3, -0.25) is 4.79 Å². The molecule has 2 aromatic rings. The van der Waals surface area contributed by atoms with Crippen LogP contribution in [-0.4, -0.2) is 30.1 Å². The molecule has 1 fully saturated rings. The van der Waals surface area contributed by atoms with Crippen molar-refractivity contribution in [2.45, 2.75) is 25.8 Å². The Labute approximate surface area is 136 Å². The molecule has 22 heavy (non-hydrogen) atoms. The monoisotopic (exact) mass is 323 g/mol. The second-order valence-electron chi connectivity index (χ2n) is 5.72. The van der Waals surface area contributed by atoms with Crippen LogP contribution in [-0.2, 0) is 9.53 Å². The van der Waals surface area contributed by atoms with Gasteiger partial charge in [0, 0.05) is 35.5 Å². The first-order chi connectivity index (χ1) is 10.1. The molecule has 0 radical (unpaired) electrons. The number of hydrogen-bond donors (Lipinski definition) is 3. The van der Waals surface area contributed by atoms with Gasteiger partial charge in [-0.05, 0) is 49.9 Å². The van der Waals surface area contributed by atoms with Gasteiger partial charge in [0.1, 0.15) is 0 Å². The predicted molar refractivity (Wildman–Crippen MR) is 90.4 cm³/mol. The van der Waals surface area contributed by atoms with Crippen molar-refractivity contribution < 1.29 is 9.53 Å². The summed E-state index contributed by atoms with van der Waals surface area (Å²) in [5, 5.41) is 4.01. The Bertz CT molecular complexity index is 650. The predicted octanol–water partition coefficient (Wildman–Crippen LogP) is 2.59. The smallest absolute Gasteiger partial charge is 0.241 e. The zero-order chi connectivity index (χ0) is 14.8. The van der Waals surface area contributed by atoms with Gasteiger partial charge in [-0.25, -0.2) is 0 Å². The molecular weight excluding hydrogens is 302 g/mol. The van der Waals surface area contributed by atoms with E-state index in [0.29, 0.717) is 13.2 Å². The molecule has 6 heteroatoms. The first kappa shape index (κ1) is 16.8. The summed E-state index contributed by atoms with van der Waals surface area (Å²) < 4.78 is 5.31. The quantitative estimate of drug-likeness (QED) is 0.812. The lowest BCUT2D eigenvalue weighted by atomic mass is 9.92. The molecule has 1 aliphatic heterocycles. The fraction of sp³-hybridized carbons (Fsp3) is 0.438. The van der Waals surface area contributed by atoms with Crippen LogP contribution in [0.15, 0.2) is 24.3 Å². The standard InChI is InChI=1S/C16H21N3O2.ClH/c1-10-8-12-9-13(2-3-14(12)18-10)19-16(20)15(17)11-4-6-21-7-5-11;/h2-3,8-9,11,15,18H,4-7,17H2,1H3,(H,19,20);1H. The molecule has 4 N–H and O–H groups in total. The lowest BCUT2D eigenvalue weighted by Gasteiger charge is -2.26. The van der Waals surface area contributed by atoms with Gasteiger partial charge in [0.15, 0.2) is 0 Å². The molecule has 2 heterocycles. The molecule has 0 saturated carbocycles. The lowest BCUT2D eigenvalue weighted by molar-refractivity contribution is -0.119. The van der Waals surface area contributed by atoms with Crippen LogP contribution in [0.1, 0.15) is 18.5 Å². The van der Waals surface area contributed by atoms with Gasteiger partial charge in [-0.2, -0.15) is 0 Å². The van der Waals surface area contributed by atoms with Crippen molar-refractivity contribution in [3.8, 4) is 0 Å². The zero-order valence-corrected chi connectivity index (χ0v) is 13.4. The Kier molecular flexibility index (Phi) is 5.45. The number of halogens is 1. The number of amides is 1. The van der Waals surface area contributed by atoms with Crippen molar-refractivity contribution in [3.05, 3.63) is 30.0 Å². The number of hydrogen-bond acceptors (Lipinski definition) is 3. The SMILES string of the molecule is Cc1cc2cc(NC(=O)C(N)C3CCOCC3)ccc2[nH]1.Cl. The van der Waals surface area contributed by atoms with Crippen molar-refractivity contribution in [1.82, 2.24) is 4.98 Å². The summed E-state index contributed by atoms with van der Waals surface area (Å²) in [6, 6.07) is 7.42.